The quantitative estimate of drug-likeness (QED) is 0.309. The second-order valence-corrected chi connectivity index (χ2v) is 10.6. The molecule has 0 bridgehead atoms. The van der Waals surface area contributed by atoms with Gasteiger partial charge < -0.3 is 4.74 Å². The Morgan fingerprint density at radius 3 is 2.35 bits per heavy atom. The minimum atomic E-state index is -0.551. The average Bonchev–Trinajstić information content (AvgIpc) is 3.14. The van der Waals surface area contributed by atoms with E-state index >= 15 is 0 Å². The van der Waals surface area contributed by atoms with Crippen LogP contribution in [0.4, 0.5) is 5.69 Å². The van der Waals surface area contributed by atoms with E-state index in [4.69, 9.17) is 9.73 Å². The lowest BCUT2D eigenvalue weighted by molar-refractivity contribution is -0.384. The number of carbonyl (C=O) groups is 2. The lowest BCUT2D eigenvalue weighted by Gasteiger charge is -2.38. The van der Waals surface area contributed by atoms with Gasteiger partial charge in [0.05, 0.1) is 22.6 Å². The van der Waals surface area contributed by atoms with Crippen LogP contribution < -0.4 is 4.74 Å². The highest BCUT2D eigenvalue weighted by Crippen LogP contribution is 2.51. The van der Waals surface area contributed by atoms with Gasteiger partial charge in [0, 0.05) is 40.8 Å². The van der Waals surface area contributed by atoms with Crippen LogP contribution in [0.1, 0.15) is 54.1 Å². The molecule has 3 aromatic rings. The number of allylic oxidation sites excluding steroid dienone is 2. The summed E-state index contributed by atoms with van der Waals surface area (Å²) in [6.07, 6.45) is 1.08. The van der Waals surface area contributed by atoms with Gasteiger partial charge in [-0.15, -0.1) is 0 Å². The number of benzene rings is 3. The molecule has 0 spiro atoms. The number of fused-ring (bicyclic) bond motifs is 3. The maximum Gasteiger partial charge on any atom is 0.273 e. The van der Waals surface area contributed by atoms with Crippen molar-refractivity contribution in [1.29, 1.82) is 0 Å². The number of ketones is 2. The normalized spacial score (nSPS) is 21.6. The number of carbonyl (C=O) groups excluding carboxylic acids is 2. The highest BCUT2D eigenvalue weighted by Gasteiger charge is 2.50. The second kappa shape index (κ2) is 8.34. The number of hydrogen-bond donors (Lipinski definition) is 0. The van der Waals surface area contributed by atoms with Crippen LogP contribution in [0.3, 0.4) is 0 Å². The Morgan fingerprint density at radius 1 is 0.892 bits per heavy atom. The summed E-state index contributed by atoms with van der Waals surface area (Å²) < 4.78 is 5.85. The van der Waals surface area contributed by atoms with Crippen molar-refractivity contribution in [3.05, 3.63) is 111 Å². The van der Waals surface area contributed by atoms with Gasteiger partial charge in [-0.25, -0.2) is 0 Å². The van der Waals surface area contributed by atoms with Crippen molar-refractivity contribution in [2.75, 3.05) is 0 Å². The molecule has 0 amide bonds. The number of nitro groups is 1. The third kappa shape index (κ3) is 3.87. The Bertz CT molecular complexity index is 1550. The minimum absolute atomic E-state index is 0.0135. The Kier molecular flexibility index (Phi) is 5.19. The number of nitro benzene ring substituents is 1. The van der Waals surface area contributed by atoms with E-state index < -0.39 is 16.8 Å². The molecule has 7 heteroatoms. The van der Waals surface area contributed by atoms with Gasteiger partial charge in [-0.05, 0) is 35.6 Å². The fourth-order valence-corrected chi connectivity index (χ4v) is 5.79. The zero-order valence-corrected chi connectivity index (χ0v) is 20.4. The van der Waals surface area contributed by atoms with Crippen LogP contribution in [-0.4, -0.2) is 22.2 Å². The molecule has 37 heavy (non-hydrogen) atoms. The standard InChI is InChI=1S/C30H24N2O5/c1-30(2)15-23-26(24(33)16-30)25(27-28(31-23)21-8-3-4-9-22(21)29(27)34)17-10-12-19(13-11-17)37-20-7-5-6-18(14-20)32(35)36/h3-14,25,27H,15-16H2,1-2H3. The van der Waals surface area contributed by atoms with Crippen LogP contribution in [-0.2, 0) is 4.79 Å². The van der Waals surface area contributed by atoms with E-state index in [1.165, 1.54) is 12.1 Å². The second-order valence-electron chi connectivity index (χ2n) is 10.6. The van der Waals surface area contributed by atoms with Crippen LogP contribution >= 0.6 is 0 Å². The highest BCUT2D eigenvalue weighted by molar-refractivity contribution is 6.30. The first kappa shape index (κ1) is 23.0. The largest absolute Gasteiger partial charge is 0.457 e. The summed E-state index contributed by atoms with van der Waals surface area (Å²) in [6.45, 7) is 4.15. The zero-order valence-electron chi connectivity index (χ0n) is 20.4. The average molecular weight is 493 g/mol. The molecule has 0 radical (unpaired) electrons. The molecule has 1 heterocycles. The van der Waals surface area contributed by atoms with E-state index in [2.05, 4.69) is 13.8 Å². The lowest BCUT2D eigenvalue weighted by atomic mass is 9.66. The summed E-state index contributed by atoms with van der Waals surface area (Å²) in [6, 6.07) is 20.8. The number of hydrogen-bond acceptors (Lipinski definition) is 6. The third-order valence-electron chi connectivity index (χ3n) is 7.35. The van der Waals surface area contributed by atoms with Crippen LogP contribution in [0, 0.1) is 21.4 Å². The van der Waals surface area contributed by atoms with E-state index in [9.17, 15) is 19.7 Å². The molecule has 2 unspecified atom stereocenters. The van der Waals surface area contributed by atoms with E-state index in [0.717, 1.165) is 22.5 Å². The highest BCUT2D eigenvalue weighted by atomic mass is 16.6. The number of Topliss-reactive ketones (excluding diaryl/α,β-unsaturated/α-hetero) is 2. The van der Waals surface area contributed by atoms with Gasteiger partial charge in [-0.1, -0.05) is 56.3 Å². The summed E-state index contributed by atoms with van der Waals surface area (Å²) >= 11 is 0. The monoisotopic (exact) mass is 492 g/mol. The predicted octanol–water partition coefficient (Wildman–Crippen LogP) is 6.43. The van der Waals surface area contributed by atoms with Crippen LogP contribution in [0.15, 0.2) is 89.1 Å². The van der Waals surface area contributed by atoms with Gasteiger partial charge >= 0.3 is 0 Å². The maximum absolute atomic E-state index is 13.6. The summed E-state index contributed by atoms with van der Waals surface area (Å²) in [5.41, 5.74) is 4.23. The van der Waals surface area contributed by atoms with Crippen molar-refractivity contribution in [2.45, 2.75) is 32.6 Å². The number of non-ortho nitro benzene ring substituents is 1. The summed E-state index contributed by atoms with van der Waals surface area (Å²) in [5, 5.41) is 11.1. The van der Waals surface area contributed by atoms with E-state index in [-0.39, 0.29) is 22.7 Å². The smallest absolute Gasteiger partial charge is 0.273 e. The van der Waals surface area contributed by atoms with Gasteiger partial charge in [0.15, 0.2) is 11.6 Å². The first-order chi connectivity index (χ1) is 17.7. The molecule has 0 aromatic heterocycles. The number of rotatable bonds is 4. The van der Waals surface area contributed by atoms with Crippen LogP contribution in [0.2, 0.25) is 0 Å². The molecule has 3 aromatic carbocycles. The van der Waals surface area contributed by atoms with Crippen molar-refractivity contribution in [3.8, 4) is 11.5 Å². The molecule has 0 N–H and O–H groups in total. The number of aliphatic imine (C=N–C) groups is 1. The Labute approximate surface area is 213 Å². The molecule has 0 saturated carbocycles. The van der Waals surface area contributed by atoms with Crippen molar-refractivity contribution in [2.24, 2.45) is 16.3 Å². The Morgan fingerprint density at radius 2 is 1.62 bits per heavy atom. The van der Waals surface area contributed by atoms with Crippen molar-refractivity contribution < 1.29 is 19.2 Å². The SMILES string of the molecule is CC1(C)CC(=O)C2=C(C1)N=C1c3ccccc3C(=O)C1C2c1ccc(Oc2cccc([N+](=O)[O-])c2)cc1. The zero-order chi connectivity index (χ0) is 25.9. The minimum Gasteiger partial charge on any atom is -0.457 e. The topological polar surface area (TPSA) is 98.9 Å². The van der Waals surface area contributed by atoms with Gasteiger partial charge in [-0.3, -0.25) is 24.7 Å². The molecule has 6 rings (SSSR count). The van der Waals surface area contributed by atoms with Gasteiger partial charge in [0.25, 0.3) is 5.69 Å². The molecule has 0 fully saturated rings. The van der Waals surface area contributed by atoms with Crippen molar-refractivity contribution in [1.82, 2.24) is 0 Å². The first-order valence-corrected chi connectivity index (χ1v) is 12.2. The van der Waals surface area contributed by atoms with Gasteiger partial charge in [-0.2, -0.15) is 0 Å². The number of ether oxygens (including phenoxy) is 1. The van der Waals surface area contributed by atoms with Gasteiger partial charge in [0.2, 0.25) is 0 Å². The fourth-order valence-electron chi connectivity index (χ4n) is 5.79. The van der Waals surface area contributed by atoms with E-state index in [0.29, 0.717) is 35.5 Å². The van der Waals surface area contributed by atoms with Crippen LogP contribution in [0.5, 0.6) is 11.5 Å². The molecular weight excluding hydrogens is 468 g/mol. The molecule has 1 aliphatic heterocycles. The molecule has 7 nitrogen and oxygen atoms in total. The summed E-state index contributed by atoms with van der Waals surface area (Å²) in [7, 11) is 0. The Balaban J connectivity index is 1.41. The fraction of sp³-hybridized carbons (Fsp3) is 0.233. The number of nitrogens with zero attached hydrogens (tertiary/aromatic N) is 2. The first-order valence-electron chi connectivity index (χ1n) is 12.2. The molecular formula is C30H24N2O5. The summed E-state index contributed by atoms with van der Waals surface area (Å²) in [4.78, 5) is 42.7. The maximum atomic E-state index is 13.6. The molecule has 0 saturated heterocycles. The lowest BCUT2D eigenvalue weighted by Crippen LogP contribution is -2.37. The molecule has 2 aliphatic carbocycles. The molecule has 184 valence electrons. The summed E-state index contributed by atoms with van der Waals surface area (Å²) in [5.74, 6) is -0.103. The predicted molar refractivity (Wildman–Crippen MR) is 138 cm³/mol. The van der Waals surface area contributed by atoms with Gasteiger partial charge in [0.1, 0.15) is 11.5 Å². The van der Waals surface area contributed by atoms with E-state index in [1.807, 2.05) is 36.4 Å². The Hall–Kier alpha value is -4.39. The third-order valence-corrected chi connectivity index (χ3v) is 7.35. The van der Waals surface area contributed by atoms with Crippen molar-refractivity contribution in [3.63, 3.8) is 0 Å². The molecule has 2 atom stereocenters. The van der Waals surface area contributed by atoms with Crippen LogP contribution in [0.25, 0.3) is 0 Å². The molecule has 3 aliphatic rings. The van der Waals surface area contributed by atoms with E-state index in [1.54, 1.807) is 24.3 Å². The van der Waals surface area contributed by atoms with Crippen molar-refractivity contribution >= 4 is 23.0 Å².